The number of piperidine rings is 1. The number of hydrogen-bond donors (Lipinski definition) is 3. The first-order valence-electron chi connectivity index (χ1n) is 11.4. The van der Waals surface area contributed by atoms with Crippen LogP contribution in [0.3, 0.4) is 0 Å². The summed E-state index contributed by atoms with van der Waals surface area (Å²) in [6.07, 6.45) is 11.1. The smallest absolute Gasteiger partial charge is 0.191 e. The highest BCUT2D eigenvalue weighted by Crippen LogP contribution is 2.25. The zero-order valence-corrected chi connectivity index (χ0v) is 18.1. The third-order valence-corrected chi connectivity index (χ3v) is 6.47. The second-order valence-corrected chi connectivity index (χ2v) is 8.68. The van der Waals surface area contributed by atoms with Crippen LogP contribution in [-0.2, 0) is 6.54 Å². The summed E-state index contributed by atoms with van der Waals surface area (Å²) >= 11 is 0. The average molecular weight is 410 g/mol. The summed E-state index contributed by atoms with van der Waals surface area (Å²) in [6.45, 7) is 4.43. The van der Waals surface area contributed by atoms with E-state index in [0.717, 1.165) is 29.8 Å². The zero-order valence-electron chi connectivity index (χ0n) is 18.1. The van der Waals surface area contributed by atoms with Crippen molar-refractivity contribution in [3.8, 4) is 11.4 Å². The fourth-order valence-electron chi connectivity index (χ4n) is 4.74. The van der Waals surface area contributed by atoms with Crippen LogP contribution >= 0.6 is 0 Å². The Morgan fingerprint density at radius 1 is 1.17 bits per heavy atom. The van der Waals surface area contributed by atoms with Crippen LogP contribution in [-0.4, -0.2) is 58.8 Å². The van der Waals surface area contributed by atoms with E-state index in [1.807, 2.05) is 19.2 Å². The summed E-state index contributed by atoms with van der Waals surface area (Å²) in [5.41, 5.74) is 2.23. The fourth-order valence-corrected chi connectivity index (χ4v) is 4.74. The Balaban J connectivity index is 1.21. The molecule has 1 saturated carbocycles. The van der Waals surface area contributed by atoms with Gasteiger partial charge in [-0.3, -0.25) is 10.1 Å². The lowest BCUT2D eigenvalue weighted by atomic mass is 9.88. The Kier molecular flexibility index (Phi) is 7.34. The van der Waals surface area contributed by atoms with Gasteiger partial charge in [-0.15, -0.1) is 0 Å². The fraction of sp³-hybridized carbons (Fsp3) is 0.609. The number of guanidine groups is 1. The normalized spacial score (nSPS) is 19.7. The summed E-state index contributed by atoms with van der Waals surface area (Å²) in [5.74, 6) is 2.61. The lowest BCUT2D eigenvalue weighted by Gasteiger charge is -2.36. The Morgan fingerprint density at radius 2 is 2.00 bits per heavy atom. The van der Waals surface area contributed by atoms with E-state index in [1.165, 1.54) is 76.5 Å². The molecule has 0 unspecified atom stereocenters. The molecule has 1 aromatic carbocycles. The SMILES string of the molecule is CN=C(NCc1cccc(-c2ncn[nH]2)c1)NC1CCN(CC2CCCCC2)CC1. The van der Waals surface area contributed by atoms with Gasteiger partial charge in [0.15, 0.2) is 11.8 Å². The van der Waals surface area contributed by atoms with Gasteiger partial charge in [-0.2, -0.15) is 5.10 Å². The van der Waals surface area contributed by atoms with Crippen molar-refractivity contribution in [1.82, 2.24) is 30.7 Å². The van der Waals surface area contributed by atoms with Crippen LogP contribution in [0.1, 0.15) is 50.5 Å². The molecular weight excluding hydrogens is 374 g/mol. The summed E-state index contributed by atoms with van der Waals surface area (Å²) in [7, 11) is 1.85. The summed E-state index contributed by atoms with van der Waals surface area (Å²) in [4.78, 5) is 11.3. The van der Waals surface area contributed by atoms with E-state index in [9.17, 15) is 0 Å². The van der Waals surface area contributed by atoms with Gasteiger partial charge in [0.1, 0.15) is 6.33 Å². The molecule has 4 rings (SSSR count). The number of aromatic amines is 1. The van der Waals surface area contributed by atoms with Crippen LogP contribution < -0.4 is 10.6 Å². The molecule has 3 N–H and O–H groups in total. The number of benzene rings is 1. The molecule has 1 saturated heterocycles. The molecule has 2 aromatic rings. The molecule has 0 atom stereocenters. The van der Waals surface area contributed by atoms with Gasteiger partial charge < -0.3 is 15.5 Å². The van der Waals surface area contributed by atoms with Gasteiger partial charge in [-0.05, 0) is 43.2 Å². The molecule has 0 spiro atoms. The van der Waals surface area contributed by atoms with Gasteiger partial charge in [-0.1, -0.05) is 37.5 Å². The maximum absolute atomic E-state index is 4.43. The largest absolute Gasteiger partial charge is 0.354 e. The molecule has 162 valence electrons. The molecular formula is C23H35N7. The molecule has 0 bridgehead atoms. The molecule has 1 aliphatic carbocycles. The molecule has 2 aliphatic rings. The Bertz CT molecular complexity index is 788. The lowest BCUT2D eigenvalue weighted by Crippen LogP contribution is -2.49. The number of aromatic nitrogens is 3. The van der Waals surface area contributed by atoms with Gasteiger partial charge in [0.05, 0.1) is 0 Å². The minimum Gasteiger partial charge on any atom is -0.354 e. The average Bonchev–Trinajstić information content (AvgIpc) is 3.34. The van der Waals surface area contributed by atoms with Crippen LogP contribution in [0.2, 0.25) is 0 Å². The van der Waals surface area contributed by atoms with E-state index in [1.54, 1.807) is 0 Å². The minimum absolute atomic E-state index is 0.499. The number of aliphatic imine (C=N–C) groups is 1. The van der Waals surface area contributed by atoms with Crippen molar-refractivity contribution in [3.63, 3.8) is 0 Å². The third-order valence-electron chi connectivity index (χ3n) is 6.47. The molecule has 1 aliphatic heterocycles. The topological polar surface area (TPSA) is 81.2 Å². The summed E-state index contributed by atoms with van der Waals surface area (Å²) < 4.78 is 0. The molecule has 0 amide bonds. The van der Waals surface area contributed by atoms with Crippen LogP contribution in [0, 0.1) is 5.92 Å². The van der Waals surface area contributed by atoms with Gasteiger partial charge in [0.25, 0.3) is 0 Å². The molecule has 7 heteroatoms. The van der Waals surface area contributed by atoms with Crippen molar-refractivity contribution < 1.29 is 0 Å². The first-order chi connectivity index (χ1) is 14.8. The summed E-state index contributed by atoms with van der Waals surface area (Å²) in [6, 6.07) is 8.83. The van der Waals surface area contributed by atoms with Gasteiger partial charge in [0, 0.05) is 44.8 Å². The molecule has 2 heterocycles. The number of rotatable bonds is 6. The molecule has 0 radical (unpaired) electrons. The predicted octanol–water partition coefficient (Wildman–Crippen LogP) is 3.18. The maximum Gasteiger partial charge on any atom is 0.191 e. The first-order valence-corrected chi connectivity index (χ1v) is 11.4. The van der Waals surface area contributed by atoms with Gasteiger partial charge >= 0.3 is 0 Å². The van der Waals surface area contributed by atoms with E-state index in [2.05, 4.69) is 47.8 Å². The maximum atomic E-state index is 4.43. The minimum atomic E-state index is 0.499. The van der Waals surface area contributed by atoms with Crippen LogP contribution in [0.15, 0.2) is 35.6 Å². The Hall–Kier alpha value is -2.41. The first kappa shape index (κ1) is 20.8. The van der Waals surface area contributed by atoms with Gasteiger partial charge in [0.2, 0.25) is 0 Å². The second-order valence-electron chi connectivity index (χ2n) is 8.68. The highest BCUT2D eigenvalue weighted by molar-refractivity contribution is 5.80. The molecule has 30 heavy (non-hydrogen) atoms. The van der Waals surface area contributed by atoms with Crippen LogP contribution in [0.4, 0.5) is 0 Å². The van der Waals surface area contributed by atoms with Crippen molar-refractivity contribution >= 4 is 5.96 Å². The highest BCUT2D eigenvalue weighted by atomic mass is 15.2. The molecule has 2 fully saturated rings. The van der Waals surface area contributed by atoms with Gasteiger partial charge in [-0.25, -0.2) is 4.98 Å². The van der Waals surface area contributed by atoms with Crippen molar-refractivity contribution in [2.24, 2.45) is 10.9 Å². The number of likely N-dealkylation sites (tertiary alicyclic amines) is 1. The number of H-pyrrole nitrogens is 1. The van der Waals surface area contributed by atoms with E-state index < -0.39 is 0 Å². The Morgan fingerprint density at radius 3 is 2.73 bits per heavy atom. The van der Waals surface area contributed by atoms with Crippen molar-refractivity contribution in [2.75, 3.05) is 26.7 Å². The van der Waals surface area contributed by atoms with Crippen LogP contribution in [0.25, 0.3) is 11.4 Å². The third kappa shape index (κ3) is 5.81. The highest BCUT2D eigenvalue weighted by Gasteiger charge is 2.23. The lowest BCUT2D eigenvalue weighted by molar-refractivity contribution is 0.160. The molecule has 1 aromatic heterocycles. The van der Waals surface area contributed by atoms with Crippen molar-refractivity contribution in [2.45, 2.75) is 57.5 Å². The standard InChI is InChI=1S/C23H35N7/c1-24-23(25-15-19-8-5-9-20(14-19)22-26-17-27-29-22)28-21-10-12-30(13-11-21)16-18-6-3-2-4-7-18/h5,8-9,14,17-18,21H,2-4,6-7,10-13,15-16H2,1H3,(H2,24,25,28)(H,26,27,29). The van der Waals surface area contributed by atoms with E-state index in [0.29, 0.717) is 6.04 Å². The predicted molar refractivity (Wildman–Crippen MR) is 121 cm³/mol. The van der Waals surface area contributed by atoms with E-state index in [4.69, 9.17) is 0 Å². The second kappa shape index (κ2) is 10.6. The quantitative estimate of drug-likeness (QED) is 0.504. The van der Waals surface area contributed by atoms with Crippen LogP contribution in [0.5, 0.6) is 0 Å². The zero-order chi connectivity index (χ0) is 20.6. The monoisotopic (exact) mass is 409 g/mol. The van der Waals surface area contributed by atoms with Crippen molar-refractivity contribution in [1.29, 1.82) is 0 Å². The number of hydrogen-bond acceptors (Lipinski definition) is 4. The van der Waals surface area contributed by atoms with E-state index >= 15 is 0 Å². The Labute approximate surface area is 179 Å². The number of nitrogens with zero attached hydrogens (tertiary/aromatic N) is 4. The summed E-state index contributed by atoms with van der Waals surface area (Å²) in [5, 5.41) is 13.9. The number of nitrogens with one attached hydrogen (secondary N) is 3. The van der Waals surface area contributed by atoms with E-state index in [-0.39, 0.29) is 0 Å². The van der Waals surface area contributed by atoms with Crippen molar-refractivity contribution in [3.05, 3.63) is 36.2 Å². The molecule has 7 nitrogen and oxygen atoms in total.